The van der Waals surface area contributed by atoms with Crippen molar-refractivity contribution in [2.45, 2.75) is 33.7 Å². The van der Waals surface area contributed by atoms with E-state index in [2.05, 4.69) is 82.4 Å². The molecule has 3 N–H and O–H groups in total. The van der Waals surface area contributed by atoms with Gasteiger partial charge in [-0.25, -0.2) is 9.98 Å². The number of pyridine rings is 1. The number of H-pyrrole nitrogens is 1. The summed E-state index contributed by atoms with van der Waals surface area (Å²) in [6, 6.07) is 12.5. The van der Waals surface area contributed by atoms with E-state index in [0.717, 1.165) is 36.8 Å². The standard InChI is InChI=1S/C23H28N6.HI/c1-4-24-23(27-14-19-15-29-17(3)8-6-10-21(29)28-19)25-12-11-18-13-26-20-9-5-7-16(2)22(18)20;/h5-10,13,15,26H,4,11-12,14H2,1-3H3,(H2,24,25,27);1H. The van der Waals surface area contributed by atoms with Crippen molar-refractivity contribution >= 4 is 46.5 Å². The minimum Gasteiger partial charge on any atom is -0.361 e. The number of aryl methyl sites for hydroxylation is 2. The Bertz CT molecular complexity index is 1160. The third-order valence-electron chi connectivity index (χ3n) is 5.17. The highest BCUT2D eigenvalue weighted by atomic mass is 127. The van der Waals surface area contributed by atoms with Crippen molar-refractivity contribution in [2.75, 3.05) is 13.1 Å². The number of benzene rings is 1. The SMILES string of the molecule is CCNC(=NCc1cn2c(C)cccc2n1)NCCc1c[nH]c2cccc(C)c12.I. The lowest BCUT2D eigenvalue weighted by Crippen LogP contribution is -2.38. The van der Waals surface area contributed by atoms with E-state index in [1.807, 2.05) is 12.1 Å². The van der Waals surface area contributed by atoms with Crippen molar-refractivity contribution < 1.29 is 0 Å². The fourth-order valence-electron chi connectivity index (χ4n) is 3.74. The number of guanidine groups is 1. The van der Waals surface area contributed by atoms with Gasteiger partial charge in [0.25, 0.3) is 0 Å². The molecule has 0 aliphatic heterocycles. The fraction of sp³-hybridized carbons (Fsp3) is 0.304. The Labute approximate surface area is 194 Å². The van der Waals surface area contributed by atoms with Crippen molar-refractivity contribution in [1.29, 1.82) is 0 Å². The minimum absolute atomic E-state index is 0. The number of aliphatic imine (C=N–C) groups is 1. The predicted molar refractivity (Wildman–Crippen MR) is 135 cm³/mol. The highest BCUT2D eigenvalue weighted by Crippen LogP contribution is 2.22. The maximum absolute atomic E-state index is 4.72. The van der Waals surface area contributed by atoms with Crippen LogP contribution in [0.5, 0.6) is 0 Å². The predicted octanol–water partition coefficient (Wildman–Crippen LogP) is 4.35. The zero-order valence-electron chi connectivity index (χ0n) is 17.7. The maximum atomic E-state index is 4.72. The largest absolute Gasteiger partial charge is 0.361 e. The summed E-state index contributed by atoms with van der Waals surface area (Å²) in [5.74, 6) is 0.817. The summed E-state index contributed by atoms with van der Waals surface area (Å²) in [4.78, 5) is 12.8. The molecule has 4 aromatic rings. The van der Waals surface area contributed by atoms with Gasteiger partial charge in [-0.05, 0) is 56.5 Å². The van der Waals surface area contributed by atoms with Crippen molar-refractivity contribution in [3.8, 4) is 0 Å². The number of hydrogen-bond donors (Lipinski definition) is 3. The van der Waals surface area contributed by atoms with Crippen LogP contribution in [-0.2, 0) is 13.0 Å². The van der Waals surface area contributed by atoms with Crippen LogP contribution in [0.3, 0.4) is 0 Å². The van der Waals surface area contributed by atoms with Crippen LogP contribution >= 0.6 is 24.0 Å². The number of aromatic amines is 1. The number of nitrogens with zero attached hydrogens (tertiary/aromatic N) is 3. The van der Waals surface area contributed by atoms with Gasteiger partial charge in [0.05, 0.1) is 12.2 Å². The van der Waals surface area contributed by atoms with Crippen LogP contribution in [0.4, 0.5) is 0 Å². The quantitative estimate of drug-likeness (QED) is 0.203. The molecule has 6 nitrogen and oxygen atoms in total. The second-order valence-electron chi connectivity index (χ2n) is 7.31. The Morgan fingerprint density at radius 3 is 2.77 bits per heavy atom. The molecule has 3 heterocycles. The van der Waals surface area contributed by atoms with Gasteiger partial charge in [-0.3, -0.25) is 0 Å². The van der Waals surface area contributed by atoms with Gasteiger partial charge in [0.1, 0.15) is 5.65 Å². The molecule has 0 saturated carbocycles. The number of imidazole rings is 1. The molecule has 0 aliphatic carbocycles. The van der Waals surface area contributed by atoms with E-state index >= 15 is 0 Å². The van der Waals surface area contributed by atoms with E-state index < -0.39 is 0 Å². The topological polar surface area (TPSA) is 69.5 Å². The molecule has 0 radical (unpaired) electrons. The van der Waals surface area contributed by atoms with Gasteiger partial charge in [0.15, 0.2) is 5.96 Å². The Hall–Kier alpha value is -2.55. The average molecular weight is 516 g/mol. The molecule has 0 atom stereocenters. The van der Waals surface area contributed by atoms with Crippen LogP contribution in [0.15, 0.2) is 53.8 Å². The Balaban J connectivity index is 0.00000256. The number of aromatic nitrogens is 3. The molecule has 0 amide bonds. The number of rotatable bonds is 6. The first-order chi connectivity index (χ1) is 14.2. The van der Waals surface area contributed by atoms with Gasteiger partial charge in [0.2, 0.25) is 0 Å². The Morgan fingerprint density at radius 2 is 1.97 bits per heavy atom. The molecule has 0 spiro atoms. The number of hydrogen-bond acceptors (Lipinski definition) is 2. The van der Waals surface area contributed by atoms with Gasteiger partial charge >= 0.3 is 0 Å². The van der Waals surface area contributed by atoms with E-state index in [1.165, 1.54) is 27.7 Å². The lowest BCUT2D eigenvalue weighted by atomic mass is 10.1. The molecule has 3 aromatic heterocycles. The summed E-state index contributed by atoms with van der Waals surface area (Å²) in [6.45, 7) is 8.51. The van der Waals surface area contributed by atoms with E-state index in [1.54, 1.807) is 0 Å². The Morgan fingerprint density at radius 1 is 1.13 bits per heavy atom. The van der Waals surface area contributed by atoms with Crippen molar-refractivity contribution in [1.82, 2.24) is 25.0 Å². The molecule has 0 saturated heterocycles. The van der Waals surface area contributed by atoms with Crippen LogP contribution in [0.1, 0.15) is 29.4 Å². The van der Waals surface area contributed by atoms with Gasteiger partial charge < -0.3 is 20.0 Å². The molecule has 1 aromatic carbocycles. The summed E-state index contributed by atoms with van der Waals surface area (Å²) in [5, 5.41) is 8.10. The fourth-order valence-corrected chi connectivity index (χ4v) is 3.74. The van der Waals surface area contributed by atoms with E-state index in [9.17, 15) is 0 Å². The molecule has 4 rings (SSSR count). The molecule has 0 unspecified atom stereocenters. The van der Waals surface area contributed by atoms with E-state index in [0.29, 0.717) is 6.54 Å². The van der Waals surface area contributed by atoms with Gasteiger partial charge in [-0.15, -0.1) is 24.0 Å². The lowest BCUT2D eigenvalue weighted by molar-refractivity contribution is 0.799. The first-order valence-corrected chi connectivity index (χ1v) is 10.2. The van der Waals surface area contributed by atoms with E-state index in [4.69, 9.17) is 4.99 Å². The third kappa shape index (κ3) is 4.77. The summed E-state index contributed by atoms with van der Waals surface area (Å²) in [5.41, 5.74) is 6.93. The number of fused-ring (bicyclic) bond motifs is 2. The third-order valence-corrected chi connectivity index (χ3v) is 5.17. The second kappa shape index (κ2) is 9.97. The summed E-state index contributed by atoms with van der Waals surface area (Å²) in [6.07, 6.45) is 5.11. The molecule has 158 valence electrons. The van der Waals surface area contributed by atoms with Crippen molar-refractivity contribution in [3.63, 3.8) is 0 Å². The monoisotopic (exact) mass is 516 g/mol. The highest BCUT2D eigenvalue weighted by Gasteiger charge is 2.07. The van der Waals surface area contributed by atoms with E-state index in [-0.39, 0.29) is 24.0 Å². The molecule has 0 fully saturated rings. The van der Waals surface area contributed by atoms with Crippen LogP contribution < -0.4 is 10.6 Å². The normalized spacial score (nSPS) is 11.6. The summed E-state index contributed by atoms with van der Waals surface area (Å²) in [7, 11) is 0. The number of nitrogens with one attached hydrogen (secondary N) is 3. The van der Waals surface area contributed by atoms with Gasteiger partial charge in [0, 0.05) is 42.1 Å². The summed E-state index contributed by atoms with van der Waals surface area (Å²) < 4.78 is 2.10. The molecule has 0 aliphatic rings. The highest BCUT2D eigenvalue weighted by molar-refractivity contribution is 14.0. The zero-order valence-corrected chi connectivity index (χ0v) is 20.0. The second-order valence-corrected chi connectivity index (χ2v) is 7.31. The first kappa shape index (κ1) is 22.1. The maximum Gasteiger partial charge on any atom is 0.191 e. The minimum atomic E-state index is 0. The van der Waals surface area contributed by atoms with Crippen molar-refractivity contribution in [3.05, 3.63) is 71.3 Å². The zero-order chi connectivity index (χ0) is 20.2. The average Bonchev–Trinajstić information content (AvgIpc) is 3.32. The Kier molecular flexibility index (Phi) is 7.36. The molecular weight excluding hydrogens is 487 g/mol. The van der Waals surface area contributed by atoms with Crippen molar-refractivity contribution in [2.24, 2.45) is 4.99 Å². The van der Waals surface area contributed by atoms with Crippen LogP contribution in [0.2, 0.25) is 0 Å². The first-order valence-electron chi connectivity index (χ1n) is 10.2. The number of halogens is 1. The molecule has 0 bridgehead atoms. The molecule has 7 heteroatoms. The lowest BCUT2D eigenvalue weighted by Gasteiger charge is -2.11. The van der Waals surface area contributed by atoms with Crippen LogP contribution in [0, 0.1) is 13.8 Å². The smallest absolute Gasteiger partial charge is 0.191 e. The van der Waals surface area contributed by atoms with Crippen LogP contribution in [-0.4, -0.2) is 33.4 Å². The molecular formula is C23H29IN6. The van der Waals surface area contributed by atoms with Crippen LogP contribution in [0.25, 0.3) is 16.6 Å². The summed E-state index contributed by atoms with van der Waals surface area (Å²) >= 11 is 0. The van der Waals surface area contributed by atoms with Gasteiger partial charge in [-0.1, -0.05) is 18.2 Å². The molecule has 30 heavy (non-hydrogen) atoms. The van der Waals surface area contributed by atoms with Gasteiger partial charge in [-0.2, -0.15) is 0 Å².